The van der Waals surface area contributed by atoms with Crippen molar-refractivity contribution < 1.29 is 9.53 Å². The molecule has 0 heterocycles. The van der Waals surface area contributed by atoms with Crippen molar-refractivity contribution in [3.63, 3.8) is 0 Å². The first-order chi connectivity index (χ1) is 9.16. The van der Waals surface area contributed by atoms with Gasteiger partial charge in [0.2, 0.25) is 0 Å². The molecule has 3 N–H and O–H groups in total. The van der Waals surface area contributed by atoms with E-state index in [-0.39, 0.29) is 5.91 Å². The van der Waals surface area contributed by atoms with E-state index < -0.39 is 0 Å². The van der Waals surface area contributed by atoms with Crippen LogP contribution in [0.15, 0.2) is 18.2 Å². The largest absolute Gasteiger partial charge is 0.399 e. The van der Waals surface area contributed by atoms with Crippen molar-refractivity contribution >= 4 is 11.6 Å². The molecular weight excluding hydrogens is 240 g/mol. The van der Waals surface area contributed by atoms with Crippen molar-refractivity contribution in [3.05, 3.63) is 29.3 Å². The zero-order chi connectivity index (χ0) is 13.7. The standard InChI is InChI=1S/C15H22N2O2/c1-11-6-7-12(16)10-14(11)15(18)17-8-9-19-13-4-2-3-5-13/h6-7,10,13H,2-5,8-9,16H2,1H3,(H,17,18). The van der Waals surface area contributed by atoms with Gasteiger partial charge in [-0.3, -0.25) is 4.79 Å². The van der Waals surface area contributed by atoms with E-state index in [0.29, 0.717) is 30.5 Å². The Morgan fingerprint density at radius 3 is 2.89 bits per heavy atom. The molecule has 4 heteroatoms. The molecule has 2 rings (SSSR count). The Balaban J connectivity index is 1.75. The third-order valence-corrected chi connectivity index (χ3v) is 3.55. The molecule has 1 amide bonds. The summed E-state index contributed by atoms with van der Waals surface area (Å²) in [5, 5.41) is 2.87. The molecule has 1 aromatic carbocycles. The lowest BCUT2D eigenvalue weighted by Crippen LogP contribution is -2.29. The van der Waals surface area contributed by atoms with Gasteiger partial charge in [0, 0.05) is 17.8 Å². The molecule has 1 aliphatic rings. The Morgan fingerprint density at radius 1 is 1.42 bits per heavy atom. The summed E-state index contributed by atoms with van der Waals surface area (Å²) in [7, 11) is 0. The third kappa shape index (κ3) is 3.96. The monoisotopic (exact) mass is 262 g/mol. The molecular formula is C15H22N2O2. The number of hydrogen-bond donors (Lipinski definition) is 2. The molecule has 0 bridgehead atoms. The van der Waals surface area contributed by atoms with Gasteiger partial charge in [-0.25, -0.2) is 0 Å². The number of carbonyl (C=O) groups excluding carboxylic acids is 1. The van der Waals surface area contributed by atoms with Crippen LogP contribution in [0.3, 0.4) is 0 Å². The highest BCUT2D eigenvalue weighted by Gasteiger charge is 2.15. The summed E-state index contributed by atoms with van der Waals surface area (Å²) < 4.78 is 5.70. The summed E-state index contributed by atoms with van der Waals surface area (Å²) in [5.74, 6) is -0.0835. The Kier molecular flexibility index (Phi) is 4.80. The number of benzene rings is 1. The van der Waals surface area contributed by atoms with Crippen LogP contribution in [0.1, 0.15) is 41.6 Å². The molecule has 0 atom stereocenters. The predicted molar refractivity (Wildman–Crippen MR) is 76.1 cm³/mol. The second kappa shape index (κ2) is 6.57. The molecule has 0 unspecified atom stereocenters. The molecule has 0 radical (unpaired) electrons. The zero-order valence-corrected chi connectivity index (χ0v) is 11.4. The Morgan fingerprint density at radius 2 is 2.16 bits per heavy atom. The minimum atomic E-state index is -0.0835. The van der Waals surface area contributed by atoms with Crippen LogP contribution in [0.2, 0.25) is 0 Å². The molecule has 1 fully saturated rings. The van der Waals surface area contributed by atoms with E-state index in [1.807, 2.05) is 13.0 Å². The van der Waals surface area contributed by atoms with Crippen LogP contribution < -0.4 is 11.1 Å². The zero-order valence-electron chi connectivity index (χ0n) is 11.4. The van der Waals surface area contributed by atoms with Crippen LogP contribution in [0.5, 0.6) is 0 Å². The van der Waals surface area contributed by atoms with Crippen LogP contribution in [-0.4, -0.2) is 25.2 Å². The van der Waals surface area contributed by atoms with Gasteiger partial charge in [-0.15, -0.1) is 0 Å². The van der Waals surface area contributed by atoms with Crippen LogP contribution in [-0.2, 0) is 4.74 Å². The first-order valence-electron chi connectivity index (χ1n) is 6.93. The van der Waals surface area contributed by atoms with E-state index in [0.717, 1.165) is 18.4 Å². The van der Waals surface area contributed by atoms with Gasteiger partial charge in [-0.05, 0) is 37.5 Å². The maximum absolute atomic E-state index is 12.0. The topological polar surface area (TPSA) is 64.4 Å². The fourth-order valence-corrected chi connectivity index (χ4v) is 2.42. The Bertz CT molecular complexity index is 440. The van der Waals surface area contributed by atoms with Crippen molar-refractivity contribution in [3.8, 4) is 0 Å². The summed E-state index contributed by atoms with van der Waals surface area (Å²) in [6, 6.07) is 5.37. The van der Waals surface area contributed by atoms with Crippen LogP contribution in [0, 0.1) is 6.92 Å². The normalized spacial score (nSPS) is 15.6. The van der Waals surface area contributed by atoms with Gasteiger partial charge < -0.3 is 15.8 Å². The molecule has 0 aliphatic heterocycles. The molecule has 0 aromatic heterocycles. The summed E-state index contributed by atoms with van der Waals surface area (Å²) >= 11 is 0. The van der Waals surface area contributed by atoms with E-state index in [9.17, 15) is 4.79 Å². The maximum Gasteiger partial charge on any atom is 0.251 e. The lowest BCUT2D eigenvalue weighted by Gasteiger charge is -2.12. The van der Waals surface area contributed by atoms with Crippen molar-refractivity contribution in [1.29, 1.82) is 0 Å². The number of nitrogens with one attached hydrogen (secondary N) is 1. The van der Waals surface area contributed by atoms with Crippen molar-refractivity contribution in [2.24, 2.45) is 0 Å². The van der Waals surface area contributed by atoms with Gasteiger partial charge in [0.25, 0.3) is 5.91 Å². The maximum atomic E-state index is 12.0. The SMILES string of the molecule is Cc1ccc(N)cc1C(=O)NCCOC1CCCC1. The predicted octanol–water partition coefficient (Wildman–Crippen LogP) is 2.27. The van der Waals surface area contributed by atoms with Gasteiger partial charge in [0.1, 0.15) is 0 Å². The van der Waals surface area contributed by atoms with Gasteiger partial charge in [0.05, 0.1) is 12.7 Å². The highest BCUT2D eigenvalue weighted by Crippen LogP contribution is 2.20. The number of ether oxygens (including phenoxy) is 1. The molecule has 4 nitrogen and oxygen atoms in total. The van der Waals surface area contributed by atoms with Gasteiger partial charge in [-0.1, -0.05) is 18.9 Å². The molecule has 104 valence electrons. The molecule has 1 saturated carbocycles. The van der Waals surface area contributed by atoms with Crippen LogP contribution >= 0.6 is 0 Å². The number of hydrogen-bond acceptors (Lipinski definition) is 3. The summed E-state index contributed by atoms with van der Waals surface area (Å²) in [6.45, 7) is 3.03. The van der Waals surface area contributed by atoms with E-state index in [1.165, 1.54) is 12.8 Å². The highest BCUT2D eigenvalue weighted by atomic mass is 16.5. The third-order valence-electron chi connectivity index (χ3n) is 3.55. The average Bonchev–Trinajstić information content (AvgIpc) is 2.90. The molecule has 19 heavy (non-hydrogen) atoms. The fraction of sp³-hybridized carbons (Fsp3) is 0.533. The first kappa shape index (κ1) is 13.9. The Hall–Kier alpha value is -1.55. The molecule has 1 aromatic rings. The van der Waals surface area contributed by atoms with E-state index in [1.54, 1.807) is 12.1 Å². The van der Waals surface area contributed by atoms with E-state index >= 15 is 0 Å². The second-order valence-electron chi connectivity index (χ2n) is 5.11. The van der Waals surface area contributed by atoms with Crippen molar-refractivity contribution in [2.45, 2.75) is 38.7 Å². The first-order valence-corrected chi connectivity index (χ1v) is 6.93. The van der Waals surface area contributed by atoms with Gasteiger partial charge >= 0.3 is 0 Å². The summed E-state index contributed by atoms with van der Waals surface area (Å²) in [5.41, 5.74) is 7.88. The highest BCUT2D eigenvalue weighted by molar-refractivity contribution is 5.96. The van der Waals surface area contributed by atoms with Gasteiger partial charge in [-0.2, -0.15) is 0 Å². The number of nitrogens with two attached hydrogens (primary N) is 1. The Labute approximate surface area is 114 Å². The minimum absolute atomic E-state index is 0.0835. The molecule has 0 saturated heterocycles. The number of rotatable bonds is 5. The quantitative estimate of drug-likeness (QED) is 0.632. The summed E-state index contributed by atoms with van der Waals surface area (Å²) in [4.78, 5) is 12.0. The van der Waals surface area contributed by atoms with Gasteiger partial charge in [0.15, 0.2) is 0 Å². The average molecular weight is 262 g/mol. The van der Waals surface area contributed by atoms with E-state index in [2.05, 4.69) is 5.32 Å². The van der Waals surface area contributed by atoms with E-state index in [4.69, 9.17) is 10.5 Å². The second-order valence-corrected chi connectivity index (χ2v) is 5.11. The number of nitrogen functional groups attached to an aromatic ring is 1. The van der Waals surface area contributed by atoms with Crippen LogP contribution in [0.4, 0.5) is 5.69 Å². The lowest BCUT2D eigenvalue weighted by atomic mass is 10.1. The van der Waals surface area contributed by atoms with Crippen molar-refractivity contribution in [1.82, 2.24) is 5.32 Å². The molecule has 0 spiro atoms. The number of anilines is 1. The van der Waals surface area contributed by atoms with Crippen LogP contribution in [0.25, 0.3) is 0 Å². The molecule has 1 aliphatic carbocycles. The smallest absolute Gasteiger partial charge is 0.251 e. The summed E-state index contributed by atoms with van der Waals surface area (Å²) in [6.07, 6.45) is 5.23. The van der Waals surface area contributed by atoms with Crippen molar-refractivity contribution in [2.75, 3.05) is 18.9 Å². The fourth-order valence-electron chi connectivity index (χ4n) is 2.42. The lowest BCUT2D eigenvalue weighted by molar-refractivity contribution is 0.0581. The minimum Gasteiger partial charge on any atom is -0.399 e. The number of aryl methyl sites for hydroxylation is 1. The number of carbonyl (C=O) groups is 1. The number of amides is 1.